The van der Waals surface area contributed by atoms with Crippen molar-refractivity contribution in [2.24, 2.45) is 5.73 Å². The summed E-state index contributed by atoms with van der Waals surface area (Å²) in [5.41, 5.74) is 10.0. The first-order valence-corrected chi connectivity index (χ1v) is 16.3. The summed E-state index contributed by atoms with van der Waals surface area (Å²) < 4.78 is 13.8. The van der Waals surface area contributed by atoms with Crippen molar-refractivity contribution < 1.29 is 19.1 Å². The number of ether oxygens (including phenoxy) is 2. The van der Waals surface area contributed by atoms with Gasteiger partial charge in [-0.1, -0.05) is 48.9 Å². The van der Waals surface area contributed by atoms with Crippen molar-refractivity contribution in [3.8, 4) is 5.75 Å². The van der Waals surface area contributed by atoms with E-state index in [-0.39, 0.29) is 50.2 Å². The standard InChI is InChI=1S/C35H44N8O4.ClH/c1-5-29-28-20-32-37-31(42-14-13-26(36)22-42)21-33(43(32)38-28)39(3)15-16-41(35(45)47-23-25-9-7-6-8-10-25)17-18-46-30-12-11-24(2)19-27(30)34(44)40(29)4;/h6-12,19-21,26,29H,5,13-18,22-23,36H2,1-4H3;1H/t26-,29-;/m0./s1. The number of rotatable bonds is 4. The van der Waals surface area contributed by atoms with Crippen LogP contribution >= 0.6 is 12.4 Å². The minimum absolute atomic E-state index is 0. The lowest BCUT2D eigenvalue weighted by molar-refractivity contribution is 0.0714. The van der Waals surface area contributed by atoms with Crippen molar-refractivity contribution >= 4 is 41.7 Å². The lowest BCUT2D eigenvalue weighted by Gasteiger charge is -2.29. The third-order valence-electron chi connectivity index (χ3n) is 9.02. The highest BCUT2D eigenvalue weighted by Crippen LogP contribution is 2.31. The van der Waals surface area contributed by atoms with E-state index >= 15 is 0 Å². The van der Waals surface area contributed by atoms with Gasteiger partial charge in [-0.25, -0.2) is 9.78 Å². The molecule has 4 aromatic rings. The number of hydrogen-bond donors (Lipinski definition) is 1. The molecule has 48 heavy (non-hydrogen) atoms. The van der Waals surface area contributed by atoms with E-state index in [1.165, 1.54) is 0 Å². The Morgan fingerprint density at radius 1 is 1.04 bits per heavy atom. The van der Waals surface area contributed by atoms with Gasteiger partial charge in [0, 0.05) is 58.4 Å². The molecular formula is C35H45ClN8O4. The fourth-order valence-electron chi connectivity index (χ4n) is 6.26. The molecule has 0 aliphatic carbocycles. The molecule has 13 heteroatoms. The highest BCUT2D eigenvalue weighted by Gasteiger charge is 2.29. The summed E-state index contributed by atoms with van der Waals surface area (Å²) in [4.78, 5) is 40.2. The first kappa shape index (κ1) is 34.8. The van der Waals surface area contributed by atoms with Gasteiger partial charge in [-0.05, 0) is 37.5 Å². The number of fused-ring (bicyclic) bond motifs is 2. The van der Waals surface area contributed by atoms with Gasteiger partial charge in [0.15, 0.2) is 5.65 Å². The van der Waals surface area contributed by atoms with Gasteiger partial charge in [0.2, 0.25) is 0 Å². The van der Waals surface area contributed by atoms with E-state index in [2.05, 4.69) is 9.80 Å². The third kappa shape index (κ3) is 7.44. The maximum Gasteiger partial charge on any atom is 0.410 e. The average Bonchev–Trinajstić information content (AvgIpc) is 3.71. The van der Waals surface area contributed by atoms with Gasteiger partial charge in [-0.3, -0.25) is 4.79 Å². The van der Waals surface area contributed by atoms with Gasteiger partial charge < -0.3 is 34.8 Å². The number of aromatic nitrogens is 3. The highest BCUT2D eigenvalue weighted by molar-refractivity contribution is 5.97. The zero-order valence-corrected chi connectivity index (χ0v) is 28.9. The van der Waals surface area contributed by atoms with Crippen molar-refractivity contribution in [1.82, 2.24) is 24.4 Å². The normalized spacial score (nSPS) is 18.9. The molecule has 2 bridgehead atoms. The van der Waals surface area contributed by atoms with Crippen LogP contribution < -0.4 is 20.3 Å². The lowest BCUT2D eigenvalue weighted by Crippen LogP contribution is -2.40. The molecule has 256 valence electrons. The van der Waals surface area contributed by atoms with Crippen LogP contribution in [0.4, 0.5) is 16.4 Å². The van der Waals surface area contributed by atoms with Crippen molar-refractivity contribution in [1.29, 1.82) is 0 Å². The highest BCUT2D eigenvalue weighted by atomic mass is 35.5. The summed E-state index contributed by atoms with van der Waals surface area (Å²) in [5, 5.41) is 5.02. The predicted molar refractivity (Wildman–Crippen MR) is 188 cm³/mol. The second-order valence-electron chi connectivity index (χ2n) is 12.4. The SMILES string of the molecule is CC[C@H]1c2cc3nc(N4CC[C@H](N)C4)cc(n3n2)N(C)CCN(C(=O)OCc2ccccc2)CCOc2ccc(C)cc2C(=O)N1C.Cl. The van der Waals surface area contributed by atoms with E-state index in [1.54, 1.807) is 16.8 Å². The number of hydrogen-bond acceptors (Lipinski definition) is 9. The Labute approximate surface area is 287 Å². The number of carbonyl (C=O) groups is 2. The number of nitrogens with two attached hydrogens (primary N) is 1. The number of nitrogens with zero attached hydrogens (tertiary/aromatic N) is 7. The van der Waals surface area contributed by atoms with Crippen molar-refractivity contribution in [3.63, 3.8) is 0 Å². The largest absolute Gasteiger partial charge is 0.491 e. The van der Waals surface area contributed by atoms with Crippen molar-refractivity contribution in [2.75, 3.05) is 63.2 Å². The topological polar surface area (TPSA) is 122 Å². The Bertz CT molecular complexity index is 1730. The molecule has 2 aliphatic heterocycles. The summed E-state index contributed by atoms with van der Waals surface area (Å²) in [5.74, 6) is 1.95. The van der Waals surface area contributed by atoms with Crippen LogP contribution in [-0.4, -0.2) is 95.9 Å². The average molecular weight is 677 g/mol. The summed E-state index contributed by atoms with van der Waals surface area (Å²) in [6.07, 6.45) is 1.12. The summed E-state index contributed by atoms with van der Waals surface area (Å²) >= 11 is 0. The summed E-state index contributed by atoms with van der Waals surface area (Å²) in [6.45, 7) is 7.04. The number of benzene rings is 2. The first-order chi connectivity index (χ1) is 22.7. The van der Waals surface area contributed by atoms with Crippen LogP contribution in [0.3, 0.4) is 0 Å². The number of aryl methyl sites for hydroxylation is 1. The van der Waals surface area contributed by atoms with Crippen molar-refractivity contribution in [3.05, 3.63) is 83.0 Å². The summed E-state index contributed by atoms with van der Waals surface area (Å²) in [7, 11) is 3.78. The number of likely N-dealkylation sites (N-methyl/N-ethyl adjacent to an activating group) is 1. The van der Waals surface area contributed by atoms with E-state index < -0.39 is 6.09 Å². The lowest BCUT2D eigenvalue weighted by atomic mass is 10.1. The molecule has 1 saturated heterocycles. The van der Waals surface area contributed by atoms with Crippen LogP contribution in [0, 0.1) is 6.92 Å². The smallest absolute Gasteiger partial charge is 0.410 e. The van der Waals surface area contributed by atoms with Crippen LogP contribution in [0.5, 0.6) is 5.75 Å². The molecule has 0 saturated carbocycles. The van der Waals surface area contributed by atoms with E-state index in [9.17, 15) is 9.59 Å². The minimum atomic E-state index is -0.439. The third-order valence-corrected chi connectivity index (χ3v) is 9.02. The molecule has 0 spiro atoms. The number of halogens is 1. The Kier molecular flexibility index (Phi) is 11.0. The molecule has 0 radical (unpaired) electrons. The van der Waals surface area contributed by atoms with Gasteiger partial charge in [0.25, 0.3) is 5.91 Å². The fourth-order valence-corrected chi connectivity index (χ4v) is 6.26. The zero-order valence-electron chi connectivity index (χ0n) is 28.0. The van der Waals surface area contributed by atoms with Crippen LogP contribution in [0.15, 0.2) is 60.7 Å². The molecule has 0 unspecified atom stereocenters. The Balaban J connectivity index is 0.00000451. The Morgan fingerprint density at radius 3 is 2.56 bits per heavy atom. The predicted octanol–water partition coefficient (Wildman–Crippen LogP) is 4.69. The van der Waals surface area contributed by atoms with E-state index in [0.717, 1.165) is 48.0 Å². The van der Waals surface area contributed by atoms with E-state index in [1.807, 2.05) is 86.1 Å². The number of amides is 2. The quantitative estimate of drug-likeness (QED) is 0.328. The van der Waals surface area contributed by atoms with Gasteiger partial charge in [-0.2, -0.15) is 9.61 Å². The summed E-state index contributed by atoms with van der Waals surface area (Å²) in [6, 6.07) is 19.0. The van der Waals surface area contributed by atoms with Gasteiger partial charge >= 0.3 is 6.09 Å². The molecule has 12 nitrogen and oxygen atoms in total. The second kappa shape index (κ2) is 15.1. The minimum Gasteiger partial charge on any atom is -0.491 e. The first-order valence-electron chi connectivity index (χ1n) is 16.3. The molecule has 2 N–H and O–H groups in total. The maximum atomic E-state index is 14.1. The van der Waals surface area contributed by atoms with Gasteiger partial charge in [-0.15, -0.1) is 12.4 Å². The second-order valence-corrected chi connectivity index (χ2v) is 12.4. The van der Waals surface area contributed by atoms with E-state index in [4.69, 9.17) is 25.3 Å². The van der Waals surface area contributed by atoms with Crippen LogP contribution in [0.25, 0.3) is 5.65 Å². The van der Waals surface area contributed by atoms with Crippen LogP contribution in [-0.2, 0) is 11.3 Å². The molecule has 2 atom stereocenters. The van der Waals surface area contributed by atoms with E-state index in [0.29, 0.717) is 36.5 Å². The maximum absolute atomic E-state index is 14.1. The monoisotopic (exact) mass is 676 g/mol. The van der Waals surface area contributed by atoms with Crippen LogP contribution in [0.2, 0.25) is 0 Å². The molecular weight excluding hydrogens is 632 g/mol. The molecule has 6 rings (SSSR count). The van der Waals surface area contributed by atoms with Crippen LogP contribution in [0.1, 0.15) is 53.0 Å². The molecule has 2 aliphatic rings. The Hall–Kier alpha value is -4.55. The molecule has 4 heterocycles. The molecule has 2 aromatic heterocycles. The fraction of sp³-hybridized carbons (Fsp3) is 0.429. The molecule has 1 fully saturated rings. The Morgan fingerprint density at radius 2 is 1.83 bits per heavy atom. The molecule has 2 aromatic carbocycles. The number of anilines is 2. The molecule has 2 amide bonds. The van der Waals surface area contributed by atoms with Crippen molar-refractivity contribution in [2.45, 2.75) is 45.4 Å². The number of carbonyl (C=O) groups excluding carboxylic acids is 2. The van der Waals surface area contributed by atoms with Gasteiger partial charge in [0.1, 0.15) is 30.6 Å². The zero-order chi connectivity index (χ0) is 33.1. The van der Waals surface area contributed by atoms with Gasteiger partial charge in [0.05, 0.1) is 23.8 Å².